The maximum atomic E-state index is 5.93. The molecule has 0 aromatic carbocycles. The zero-order chi connectivity index (χ0) is 10.6. The average molecular weight is 308 g/mol. The zero-order valence-corrected chi connectivity index (χ0v) is 11.5. The van der Waals surface area contributed by atoms with Gasteiger partial charge in [0.05, 0.1) is 25.5 Å². The molecule has 1 aliphatic rings. The van der Waals surface area contributed by atoms with Crippen LogP contribution in [0.25, 0.3) is 0 Å². The Morgan fingerprint density at radius 1 is 1.57 bits per heavy atom. The lowest BCUT2D eigenvalue weighted by Crippen LogP contribution is -2.28. The molecule has 1 heterocycles. The molecular weight excluding hydrogens is 289 g/mol. The van der Waals surface area contributed by atoms with Crippen molar-refractivity contribution in [1.29, 1.82) is 0 Å². The molecule has 1 saturated heterocycles. The van der Waals surface area contributed by atoms with E-state index in [9.17, 15) is 0 Å². The van der Waals surface area contributed by atoms with Crippen LogP contribution in [0.5, 0.6) is 0 Å². The van der Waals surface area contributed by atoms with Crippen molar-refractivity contribution in [2.45, 2.75) is 51.4 Å². The van der Waals surface area contributed by atoms with Gasteiger partial charge in [0, 0.05) is 10.4 Å². The number of rotatable bonds is 5. The second-order valence-corrected chi connectivity index (χ2v) is 5.08. The van der Waals surface area contributed by atoms with E-state index in [0.717, 1.165) is 10.8 Å². The molecule has 80 valence electrons. The van der Waals surface area contributed by atoms with E-state index in [-0.39, 0.29) is 0 Å². The molecule has 0 bridgehead atoms. The molecule has 1 fully saturated rings. The van der Waals surface area contributed by atoms with Crippen LogP contribution in [-0.2, 0) is 9.47 Å². The second kappa shape index (κ2) is 6.38. The normalized spacial score (nSPS) is 32.2. The smallest absolute Gasteiger partial charge is 0.123 e. The van der Waals surface area contributed by atoms with Crippen LogP contribution in [0.1, 0.15) is 20.3 Å². The van der Waals surface area contributed by atoms with Gasteiger partial charge in [-0.05, 0) is 20.3 Å². The maximum Gasteiger partial charge on any atom is 0.123 e. The number of hydrogen-bond donors (Lipinski definition) is 0. The van der Waals surface area contributed by atoms with E-state index in [0.29, 0.717) is 24.3 Å². The molecule has 2 nitrogen and oxygen atoms in total. The summed E-state index contributed by atoms with van der Waals surface area (Å²) >= 11 is 2.38. The maximum absolute atomic E-state index is 5.93. The number of alkyl halides is 1. The first-order valence-corrected chi connectivity index (χ1v) is 7.06. The van der Waals surface area contributed by atoms with Crippen LogP contribution in [-0.4, -0.2) is 43.1 Å². The molecule has 5 heteroatoms. The monoisotopic (exact) mass is 308 g/mol. The summed E-state index contributed by atoms with van der Waals surface area (Å²) in [5.74, 6) is 0. The molecule has 0 aliphatic carbocycles. The molecule has 0 aromatic rings. The highest BCUT2D eigenvalue weighted by atomic mass is 127. The molecule has 0 aromatic heterocycles. The summed E-state index contributed by atoms with van der Waals surface area (Å²) in [6.45, 7) is 6.40. The van der Waals surface area contributed by atoms with Gasteiger partial charge < -0.3 is 9.47 Å². The summed E-state index contributed by atoms with van der Waals surface area (Å²) in [6.07, 6.45) is 2.03. The quantitative estimate of drug-likeness (QED) is 0.431. The molecular formula is C9H19B2IO2. The summed E-state index contributed by atoms with van der Waals surface area (Å²) in [5.41, 5.74) is 0. The standard InChI is InChI=1S/C9H19B2IO2/c1-6(2)13-7-4-9(11-10-3)14-8(7)5-12/h6-11H,4-5H2,1-3H3. The Bertz CT molecular complexity index is 169. The topological polar surface area (TPSA) is 18.5 Å². The highest BCUT2D eigenvalue weighted by molar-refractivity contribution is 14.1. The van der Waals surface area contributed by atoms with E-state index in [1.807, 2.05) is 0 Å². The van der Waals surface area contributed by atoms with E-state index in [1.54, 1.807) is 0 Å². The van der Waals surface area contributed by atoms with Crippen molar-refractivity contribution in [2.75, 3.05) is 4.43 Å². The molecule has 0 amide bonds. The summed E-state index contributed by atoms with van der Waals surface area (Å²) in [4.78, 5) is 0. The van der Waals surface area contributed by atoms with Gasteiger partial charge >= 0.3 is 0 Å². The third-order valence-corrected chi connectivity index (χ3v) is 3.35. The van der Waals surface area contributed by atoms with Gasteiger partial charge in [-0.2, -0.15) is 0 Å². The fourth-order valence-electron chi connectivity index (χ4n) is 1.94. The SMILES string of the molecule is CBBC1CC(OC(C)C)C(CI)O1. The lowest BCUT2D eigenvalue weighted by Gasteiger charge is -2.19. The summed E-state index contributed by atoms with van der Waals surface area (Å²) in [7, 11) is 2.37. The first-order valence-electron chi connectivity index (χ1n) is 5.54. The molecule has 3 unspecified atom stereocenters. The molecule has 0 spiro atoms. The number of hydrogen-bond acceptors (Lipinski definition) is 2. The van der Waals surface area contributed by atoms with Crippen LogP contribution in [0.2, 0.25) is 6.82 Å². The first-order chi connectivity index (χ1) is 6.67. The molecule has 0 radical (unpaired) electrons. The van der Waals surface area contributed by atoms with Gasteiger partial charge in [0.2, 0.25) is 0 Å². The van der Waals surface area contributed by atoms with E-state index >= 15 is 0 Å². The van der Waals surface area contributed by atoms with Gasteiger partial charge in [0.15, 0.2) is 0 Å². The van der Waals surface area contributed by atoms with Crippen molar-refractivity contribution >= 4 is 36.9 Å². The van der Waals surface area contributed by atoms with Crippen LogP contribution in [0.4, 0.5) is 0 Å². The Kier molecular flexibility index (Phi) is 5.86. The molecule has 3 atom stereocenters. The average Bonchev–Trinajstić information content (AvgIpc) is 2.47. The van der Waals surface area contributed by atoms with Crippen molar-refractivity contribution in [2.24, 2.45) is 0 Å². The largest absolute Gasteiger partial charge is 0.381 e. The van der Waals surface area contributed by atoms with E-state index < -0.39 is 0 Å². The highest BCUT2D eigenvalue weighted by Crippen LogP contribution is 2.25. The third kappa shape index (κ3) is 3.74. The minimum Gasteiger partial charge on any atom is -0.381 e. The highest BCUT2D eigenvalue weighted by Gasteiger charge is 2.35. The minimum absolute atomic E-state index is 0.314. The van der Waals surface area contributed by atoms with Crippen molar-refractivity contribution in [3.63, 3.8) is 0 Å². The van der Waals surface area contributed by atoms with Gasteiger partial charge in [-0.25, -0.2) is 0 Å². The van der Waals surface area contributed by atoms with E-state index in [1.165, 1.54) is 14.3 Å². The lowest BCUT2D eigenvalue weighted by molar-refractivity contribution is -0.0297. The van der Waals surface area contributed by atoms with Gasteiger partial charge in [0.25, 0.3) is 0 Å². The second-order valence-electron chi connectivity index (χ2n) is 4.20. The van der Waals surface area contributed by atoms with Gasteiger partial charge in [-0.1, -0.05) is 29.4 Å². The number of halogens is 1. The van der Waals surface area contributed by atoms with Crippen molar-refractivity contribution < 1.29 is 9.47 Å². The van der Waals surface area contributed by atoms with Crippen LogP contribution < -0.4 is 0 Å². The van der Waals surface area contributed by atoms with Gasteiger partial charge in [-0.3, -0.25) is 0 Å². The van der Waals surface area contributed by atoms with Gasteiger partial charge in [-0.15, -0.1) is 0 Å². The Balaban J connectivity index is 2.41. The van der Waals surface area contributed by atoms with Gasteiger partial charge in [0.1, 0.15) is 7.17 Å². The van der Waals surface area contributed by atoms with Crippen LogP contribution >= 0.6 is 22.6 Å². The van der Waals surface area contributed by atoms with Crippen molar-refractivity contribution in [3.8, 4) is 0 Å². The molecule has 0 N–H and O–H groups in total. The fourth-order valence-corrected chi connectivity index (χ4v) is 2.71. The summed E-state index contributed by atoms with van der Waals surface area (Å²) < 4.78 is 12.8. The van der Waals surface area contributed by atoms with E-state index in [4.69, 9.17) is 9.47 Å². The molecule has 14 heavy (non-hydrogen) atoms. The minimum atomic E-state index is 0.314. The Morgan fingerprint density at radius 2 is 2.29 bits per heavy atom. The lowest BCUT2D eigenvalue weighted by atomic mass is 9.38. The first kappa shape index (κ1) is 12.8. The summed E-state index contributed by atoms with van der Waals surface area (Å²) in [5, 5.41) is 0. The Morgan fingerprint density at radius 3 is 2.79 bits per heavy atom. The molecule has 0 saturated carbocycles. The Labute approximate surface area is 102 Å². The summed E-state index contributed by atoms with van der Waals surface area (Å²) in [6, 6.07) is 0.434. The fraction of sp³-hybridized carbons (Fsp3) is 1.00. The van der Waals surface area contributed by atoms with E-state index in [2.05, 4.69) is 43.3 Å². The van der Waals surface area contributed by atoms with Crippen molar-refractivity contribution in [3.05, 3.63) is 0 Å². The zero-order valence-electron chi connectivity index (χ0n) is 9.33. The third-order valence-electron chi connectivity index (χ3n) is 2.49. The molecule has 1 aliphatic heterocycles. The van der Waals surface area contributed by atoms with Crippen molar-refractivity contribution in [1.82, 2.24) is 0 Å². The van der Waals surface area contributed by atoms with Crippen LogP contribution in [0.3, 0.4) is 0 Å². The molecule has 1 rings (SSSR count). The van der Waals surface area contributed by atoms with Crippen LogP contribution in [0, 0.1) is 0 Å². The Hall–Kier alpha value is 0.780. The predicted octanol–water partition coefficient (Wildman–Crippen LogP) is 1.17. The van der Waals surface area contributed by atoms with Crippen LogP contribution in [0.15, 0.2) is 0 Å². The predicted molar refractivity (Wildman–Crippen MR) is 72.3 cm³/mol. The number of ether oxygens (including phenoxy) is 2.